The Morgan fingerprint density at radius 1 is 1.29 bits per heavy atom. The van der Waals surface area contributed by atoms with Crippen LogP contribution in [0.25, 0.3) is 0 Å². The Bertz CT molecular complexity index is 313. The Labute approximate surface area is 106 Å². The first-order chi connectivity index (χ1) is 7.95. The Morgan fingerprint density at radius 3 is 2.59 bits per heavy atom. The summed E-state index contributed by atoms with van der Waals surface area (Å²) in [6.07, 6.45) is 9.15. The van der Waals surface area contributed by atoms with Crippen LogP contribution < -0.4 is 5.32 Å². The Balaban J connectivity index is 2.39. The van der Waals surface area contributed by atoms with E-state index < -0.39 is 9.84 Å². The number of hydrogen-bond acceptors (Lipinski definition) is 3. The highest BCUT2D eigenvalue weighted by molar-refractivity contribution is 7.91. The van der Waals surface area contributed by atoms with Gasteiger partial charge in [0.15, 0.2) is 9.84 Å². The van der Waals surface area contributed by atoms with E-state index in [9.17, 15) is 8.42 Å². The summed E-state index contributed by atoms with van der Waals surface area (Å²) in [6, 6.07) is 0.621. The van der Waals surface area contributed by atoms with Gasteiger partial charge in [0.25, 0.3) is 0 Å². The number of unbranched alkanes of at least 4 members (excludes halogenated alkanes) is 2. The molecular formula is C13H27NO2S. The van der Waals surface area contributed by atoms with Crippen molar-refractivity contribution in [3.8, 4) is 0 Å². The van der Waals surface area contributed by atoms with Gasteiger partial charge in [0.2, 0.25) is 0 Å². The van der Waals surface area contributed by atoms with Crippen molar-refractivity contribution >= 4 is 9.84 Å². The first kappa shape index (κ1) is 15.0. The summed E-state index contributed by atoms with van der Waals surface area (Å²) in [5.74, 6) is 0. The highest BCUT2D eigenvalue weighted by atomic mass is 32.2. The zero-order valence-corrected chi connectivity index (χ0v) is 12.2. The highest BCUT2D eigenvalue weighted by Crippen LogP contribution is 2.25. The summed E-state index contributed by atoms with van der Waals surface area (Å²) in [5.41, 5.74) is 0. The maximum atomic E-state index is 11.6. The summed E-state index contributed by atoms with van der Waals surface area (Å²) in [4.78, 5) is 0. The van der Waals surface area contributed by atoms with Crippen LogP contribution in [0.3, 0.4) is 0 Å². The molecule has 1 aliphatic rings. The standard InChI is InChI=1S/C13H27NO2S/c1-4-5-6-8-11(2)14-12-9-7-10-13(12)17(3,15)16/h11-14H,4-10H2,1-3H3. The van der Waals surface area contributed by atoms with E-state index in [0.29, 0.717) is 6.04 Å². The van der Waals surface area contributed by atoms with E-state index in [1.54, 1.807) is 0 Å². The molecule has 17 heavy (non-hydrogen) atoms. The Morgan fingerprint density at radius 2 is 2.00 bits per heavy atom. The monoisotopic (exact) mass is 261 g/mol. The van der Waals surface area contributed by atoms with Crippen molar-refractivity contribution in [3.05, 3.63) is 0 Å². The van der Waals surface area contributed by atoms with Crippen LogP contribution in [0.5, 0.6) is 0 Å². The summed E-state index contributed by atoms with van der Waals surface area (Å²) in [6.45, 7) is 4.38. The molecule has 0 aromatic rings. The molecule has 3 atom stereocenters. The third-order valence-corrected chi connectivity index (χ3v) is 5.41. The predicted molar refractivity (Wildman–Crippen MR) is 73.0 cm³/mol. The predicted octanol–water partition coefficient (Wildman–Crippen LogP) is 2.51. The zero-order chi connectivity index (χ0) is 12.9. The average molecular weight is 261 g/mol. The van der Waals surface area contributed by atoms with Gasteiger partial charge >= 0.3 is 0 Å². The van der Waals surface area contributed by atoms with Crippen LogP contribution >= 0.6 is 0 Å². The molecule has 0 heterocycles. The molecule has 102 valence electrons. The number of sulfone groups is 1. The third-order valence-electron chi connectivity index (χ3n) is 3.74. The van der Waals surface area contributed by atoms with E-state index >= 15 is 0 Å². The van der Waals surface area contributed by atoms with Crippen molar-refractivity contribution in [2.75, 3.05) is 6.26 Å². The maximum Gasteiger partial charge on any atom is 0.151 e. The van der Waals surface area contributed by atoms with Gasteiger partial charge in [-0.2, -0.15) is 0 Å². The molecule has 0 bridgehead atoms. The lowest BCUT2D eigenvalue weighted by Gasteiger charge is -2.24. The van der Waals surface area contributed by atoms with Gasteiger partial charge in [0, 0.05) is 18.3 Å². The van der Waals surface area contributed by atoms with Gasteiger partial charge in [-0.05, 0) is 26.2 Å². The molecule has 0 aromatic carbocycles. The second-order valence-electron chi connectivity index (χ2n) is 5.47. The molecule has 0 amide bonds. The van der Waals surface area contributed by atoms with Crippen LogP contribution in [-0.4, -0.2) is 32.0 Å². The van der Waals surface area contributed by atoms with Crippen molar-refractivity contribution in [1.82, 2.24) is 5.32 Å². The van der Waals surface area contributed by atoms with Gasteiger partial charge in [-0.15, -0.1) is 0 Å². The van der Waals surface area contributed by atoms with Crippen molar-refractivity contribution in [2.24, 2.45) is 0 Å². The van der Waals surface area contributed by atoms with Gasteiger partial charge in [0.1, 0.15) is 0 Å². The van der Waals surface area contributed by atoms with E-state index in [4.69, 9.17) is 0 Å². The first-order valence-corrected chi connectivity index (χ1v) is 8.85. The summed E-state index contributed by atoms with van der Waals surface area (Å²) < 4.78 is 23.3. The molecule has 0 saturated heterocycles. The zero-order valence-electron chi connectivity index (χ0n) is 11.4. The van der Waals surface area contributed by atoms with Crippen molar-refractivity contribution in [1.29, 1.82) is 0 Å². The molecule has 3 nitrogen and oxygen atoms in total. The quantitative estimate of drug-likeness (QED) is 0.716. The Kier molecular flexibility index (Phi) is 5.93. The third kappa shape index (κ3) is 4.96. The van der Waals surface area contributed by atoms with Gasteiger partial charge in [-0.1, -0.05) is 32.6 Å². The normalized spacial score (nSPS) is 27.2. The fourth-order valence-electron chi connectivity index (χ4n) is 2.78. The molecule has 1 rings (SSSR count). The molecular weight excluding hydrogens is 234 g/mol. The summed E-state index contributed by atoms with van der Waals surface area (Å²) in [7, 11) is -2.89. The molecule has 4 heteroatoms. The van der Waals surface area contributed by atoms with Crippen LogP contribution in [-0.2, 0) is 9.84 Å². The van der Waals surface area contributed by atoms with Gasteiger partial charge in [0.05, 0.1) is 5.25 Å². The molecule has 1 aliphatic carbocycles. The summed E-state index contributed by atoms with van der Waals surface area (Å²) in [5, 5.41) is 3.36. The number of hydrogen-bond donors (Lipinski definition) is 1. The lowest BCUT2D eigenvalue weighted by Crippen LogP contribution is -2.44. The molecule has 0 aromatic heterocycles. The van der Waals surface area contributed by atoms with E-state index in [0.717, 1.165) is 25.7 Å². The topological polar surface area (TPSA) is 46.2 Å². The first-order valence-electron chi connectivity index (χ1n) is 6.90. The largest absolute Gasteiger partial charge is 0.310 e. The number of rotatable bonds is 7. The van der Waals surface area contributed by atoms with E-state index in [1.807, 2.05) is 0 Å². The second-order valence-corrected chi connectivity index (χ2v) is 7.73. The van der Waals surface area contributed by atoms with Crippen molar-refractivity contribution in [3.63, 3.8) is 0 Å². The molecule has 0 spiro atoms. The van der Waals surface area contributed by atoms with Crippen molar-refractivity contribution in [2.45, 2.75) is 76.1 Å². The minimum absolute atomic E-state index is 0.156. The fraction of sp³-hybridized carbons (Fsp3) is 1.00. The molecule has 1 saturated carbocycles. The fourth-order valence-corrected chi connectivity index (χ4v) is 4.18. The van der Waals surface area contributed by atoms with E-state index in [-0.39, 0.29) is 11.3 Å². The maximum absolute atomic E-state index is 11.6. The van der Waals surface area contributed by atoms with E-state index in [2.05, 4.69) is 19.2 Å². The van der Waals surface area contributed by atoms with Crippen LogP contribution in [0.15, 0.2) is 0 Å². The van der Waals surface area contributed by atoms with Gasteiger partial charge < -0.3 is 5.32 Å². The lowest BCUT2D eigenvalue weighted by molar-refractivity contribution is 0.417. The SMILES string of the molecule is CCCCCC(C)NC1CCCC1S(C)(=O)=O. The van der Waals surface area contributed by atoms with Crippen LogP contribution in [0.2, 0.25) is 0 Å². The van der Waals surface area contributed by atoms with Gasteiger partial charge in [-0.3, -0.25) is 0 Å². The highest BCUT2D eigenvalue weighted by Gasteiger charge is 2.34. The lowest BCUT2D eigenvalue weighted by atomic mass is 10.1. The number of nitrogens with one attached hydrogen (secondary N) is 1. The Hall–Kier alpha value is -0.0900. The molecule has 1 fully saturated rings. The minimum atomic E-state index is -2.89. The van der Waals surface area contributed by atoms with Gasteiger partial charge in [-0.25, -0.2) is 8.42 Å². The smallest absolute Gasteiger partial charge is 0.151 e. The summed E-state index contributed by atoms with van der Waals surface area (Å²) >= 11 is 0. The molecule has 0 radical (unpaired) electrons. The van der Waals surface area contributed by atoms with Crippen LogP contribution in [0.1, 0.15) is 58.8 Å². The van der Waals surface area contributed by atoms with Crippen LogP contribution in [0, 0.1) is 0 Å². The minimum Gasteiger partial charge on any atom is -0.310 e. The molecule has 0 aliphatic heterocycles. The van der Waals surface area contributed by atoms with Crippen molar-refractivity contribution < 1.29 is 8.42 Å². The second kappa shape index (κ2) is 6.74. The molecule has 1 N–H and O–H groups in total. The average Bonchev–Trinajstić information content (AvgIpc) is 2.65. The van der Waals surface area contributed by atoms with Crippen LogP contribution in [0.4, 0.5) is 0 Å². The molecule has 3 unspecified atom stereocenters. The van der Waals surface area contributed by atoms with E-state index in [1.165, 1.54) is 25.5 Å².